The third-order valence-electron chi connectivity index (χ3n) is 4.49. The van der Waals surface area contributed by atoms with Crippen molar-refractivity contribution in [2.75, 3.05) is 16.0 Å². The van der Waals surface area contributed by atoms with Crippen LogP contribution < -0.4 is 10.2 Å². The van der Waals surface area contributed by atoms with Crippen LogP contribution in [0.15, 0.2) is 77.3 Å². The van der Waals surface area contributed by atoms with Crippen molar-refractivity contribution in [2.24, 2.45) is 0 Å². The quantitative estimate of drug-likeness (QED) is 0.538. The lowest BCUT2D eigenvalue weighted by atomic mass is 10.1. The summed E-state index contributed by atoms with van der Waals surface area (Å²) in [6.45, 7) is 0. The van der Waals surface area contributed by atoms with Gasteiger partial charge in [-0.3, -0.25) is 14.5 Å². The summed E-state index contributed by atoms with van der Waals surface area (Å²) in [7, 11) is 0. The Morgan fingerprint density at radius 2 is 1.83 bits per heavy atom. The molecule has 1 aliphatic heterocycles. The molecule has 1 unspecified atom stereocenters. The van der Waals surface area contributed by atoms with Gasteiger partial charge in [-0.05, 0) is 60.2 Å². The second kappa shape index (κ2) is 8.39. The molecule has 1 saturated heterocycles. The molecule has 1 atom stereocenters. The maximum atomic E-state index is 13.7. The first-order chi connectivity index (χ1) is 14.0. The lowest BCUT2D eigenvalue weighted by Crippen LogP contribution is -2.27. The van der Waals surface area contributed by atoms with Gasteiger partial charge in [0.1, 0.15) is 11.2 Å². The highest BCUT2D eigenvalue weighted by molar-refractivity contribution is 9.10. The number of nitrogens with zero attached hydrogens (tertiary/aromatic N) is 1. The van der Waals surface area contributed by atoms with E-state index in [-0.39, 0.29) is 23.0 Å². The second-order valence-electron chi connectivity index (χ2n) is 6.49. The van der Waals surface area contributed by atoms with E-state index < -0.39 is 0 Å². The minimum Gasteiger partial charge on any atom is -0.322 e. The smallest absolute Gasteiger partial charge is 0.255 e. The topological polar surface area (TPSA) is 49.4 Å². The molecule has 0 aliphatic carbocycles. The second-order valence-corrected chi connectivity index (χ2v) is 8.48. The standard InChI is InChI=1S/C22H16BrFN2O2S/c23-16-9-7-14(8-10-16)21(28)25-18-5-1-3-15(11-18)22-26(20(27)13-29-22)19-6-2-4-17(24)12-19/h1-12,22H,13H2,(H,25,28). The van der Waals surface area contributed by atoms with Gasteiger partial charge in [0.05, 0.1) is 5.75 Å². The van der Waals surface area contributed by atoms with Gasteiger partial charge in [-0.15, -0.1) is 11.8 Å². The maximum Gasteiger partial charge on any atom is 0.255 e. The molecule has 1 N–H and O–H groups in total. The van der Waals surface area contributed by atoms with Gasteiger partial charge in [-0.25, -0.2) is 4.39 Å². The third-order valence-corrected chi connectivity index (χ3v) is 6.23. The summed E-state index contributed by atoms with van der Waals surface area (Å²) in [5.74, 6) is -0.362. The predicted octanol–water partition coefficient (Wildman–Crippen LogP) is 5.62. The molecule has 1 heterocycles. The van der Waals surface area contributed by atoms with E-state index in [0.717, 1.165) is 10.0 Å². The van der Waals surface area contributed by atoms with E-state index in [9.17, 15) is 14.0 Å². The maximum absolute atomic E-state index is 13.7. The van der Waals surface area contributed by atoms with Crippen molar-refractivity contribution in [1.29, 1.82) is 0 Å². The van der Waals surface area contributed by atoms with E-state index in [1.165, 1.54) is 23.9 Å². The van der Waals surface area contributed by atoms with E-state index in [2.05, 4.69) is 21.2 Å². The molecule has 0 aromatic heterocycles. The summed E-state index contributed by atoms with van der Waals surface area (Å²) in [4.78, 5) is 26.6. The van der Waals surface area contributed by atoms with Gasteiger partial charge in [-0.2, -0.15) is 0 Å². The number of carbonyl (C=O) groups is 2. The zero-order valence-electron chi connectivity index (χ0n) is 15.1. The fraction of sp³-hybridized carbons (Fsp3) is 0.0909. The minimum atomic E-state index is -0.388. The first kappa shape index (κ1) is 19.7. The zero-order chi connectivity index (χ0) is 20.4. The molecule has 0 bridgehead atoms. The van der Waals surface area contributed by atoms with Crippen LogP contribution in [0.3, 0.4) is 0 Å². The van der Waals surface area contributed by atoms with Gasteiger partial charge in [0.25, 0.3) is 5.91 Å². The highest BCUT2D eigenvalue weighted by Crippen LogP contribution is 2.42. The van der Waals surface area contributed by atoms with Gasteiger partial charge in [0, 0.05) is 21.4 Å². The van der Waals surface area contributed by atoms with Gasteiger partial charge >= 0.3 is 0 Å². The van der Waals surface area contributed by atoms with Crippen molar-refractivity contribution >= 4 is 50.9 Å². The number of hydrogen-bond donors (Lipinski definition) is 1. The Hall–Kier alpha value is -2.64. The molecule has 1 fully saturated rings. The highest BCUT2D eigenvalue weighted by atomic mass is 79.9. The van der Waals surface area contributed by atoms with E-state index in [0.29, 0.717) is 22.7 Å². The molecule has 0 spiro atoms. The number of carbonyl (C=O) groups excluding carboxylic acids is 2. The van der Waals surface area contributed by atoms with E-state index in [4.69, 9.17) is 0 Å². The van der Waals surface area contributed by atoms with Crippen LogP contribution >= 0.6 is 27.7 Å². The largest absolute Gasteiger partial charge is 0.322 e. The molecule has 7 heteroatoms. The number of thioether (sulfide) groups is 1. The summed E-state index contributed by atoms with van der Waals surface area (Å²) in [6, 6.07) is 20.5. The molecule has 1 aliphatic rings. The Labute approximate surface area is 180 Å². The number of benzene rings is 3. The van der Waals surface area contributed by atoms with Crippen LogP contribution in [0.1, 0.15) is 21.3 Å². The predicted molar refractivity (Wildman–Crippen MR) is 118 cm³/mol. The number of anilines is 2. The summed E-state index contributed by atoms with van der Waals surface area (Å²) in [5, 5.41) is 2.61. The van der Waals surface area contributed by atoms with Crippen molar-refractivity contribution in [3.63, 3.8) is 0 Å². The van der Waals surface area contributed by atoms with Crippen molar-refractivity contribution in [3.05, 3.63) is 94.2 Å². The molecular weight excluding hydrogens is 455 g/mol. The molecule has 3 aromatic rings. The fourth-order valence-corrected chi connectivity index (χ4v) is 4.58. The Bertz CT molecular complexity index is 1070. The summed E-state index contributed by atoms with van der Waals surface area (Å²) >= 11 is 4.83. The van der Waals surface area contributed by atoms with Crippen molar-refractivity contribution in [3.8, 4) is 0 Å². The van der Waals surface area contributed by atoms with Crippen LogP contribution in [0, 0.1) is 5.82 Å². The first-order valence-electron chi connectivity index (χ1n) is 8.87. The molecule has 3 aromatic carbocycles. The average Bonchev–Trinajstić information content (AvgIpc) is 3.10. The number of halogens is 2. The molecule has 0 saturated carbocycles. The Kier molecular flexibility index (Phi) is 5.69. The minimum absolute atomic E-state index is 0.0742. The van der Waals surface area contributed by atoms with E-state index in [1.54, 1.807) is 35.2 Å². The van der Waals surface area contributed by atoms with Gasteiger partial charge in [-0.1, -0.05) is 34.1 Å². The van der Waals surface area contributed by atoms with Crippen molar-refractivity contribution in [1.82, 2.24) is 0 Å². The normalized spacial score (nSPS) is 16.1. The molecule has 4 nitrogen and oxygen atoms in total. The van der Waals surface area contributed by atoms with Gasteiger partial charge in [0.15, 0.2) is 0 Å². The molecular formula is C22H16BrFN2O2S. The molecule has 0 radical (unpaired) electrons. The third kappa shape index (κ3) is 4.36. The Morgan fingerprint density at radius 1 is 1.07 bits per heavy atom. The van der Waals surface area contributed by atoms with Crippen LogP contribution in [-0.4, -0.2) is 17.6 Å². The lowest BCUT2D eigenvalue weighted by molar-refractivity contribution is -0.115. The summed E-state index contributed by atoms with van der Waals surface area (Å²) in [5.41, 5.74) is 2.56. The van der Waals surface area contributed by atoms with Crippen molar-refractivity contribution in [2.45, 2.75) is 5.37 Å². The van der Waals surface area contributed by atoms with Crippen molar-refractivity contribution < 1.29 is 14.0 Å². The van der Waals surface area contributed by atoms with Crippen LogP contribution in [0.25, 0.3) is 0 Å². The Morgan fingerprint density at radius 3 is 2.59 bits per heavy atom. The zero-order valence-corrected chi connectivity index (χ0v) is 17.5. The molecule has 146 valence electrons. The van der Waals surface area contributed by atoms with E-state index >= 15 is 0 Å². The SMILES string of the molecule is O=C(Nc1cccc(C2SCC(=O)N2c2cccc(F)c2)c1)c1ccc(Br)cc1. The fourth-order valence-electron chi connectivity index (χ4n) is 3.15. The van der Waals surface area contributed by atoms with Crippen LogP contribution in [-0.2, 0) is 4.79 Å². The molecule has 2 amide bonds. The first-order valence-corrected chi connectivity index (χ1v) is 10.7. The number of amides is 2. The summed E-state index contributed by atoms with van der Waals surface area (Å²) < 4.78 is 14.6. The lowest BCUT2D eigenvalue weighted by Gasteiger charge is -2.24. The van der Waals surface area contributed by atoms with Crippen LogP contribution in [0.2, 0.25) is 0 Å². The highest BCUT2D eigenvalue weighted by Gasteiger charge is 2.34. The Balaban J connectivity index is 1.58. The molecule has 29 heavy (non-hydrogen) atoms. The molecule has 4 rings (SSSR count). The van der Waals surface area contributed by atoms with Crippen LogP contribution in [0.5, 0.6) is 0 Å². The van der Waals surface area contributed by atoms with Gasteiger partial charge in [0.2, 0.25) is 5.91 Å². The average molecular weight is 471 g/mol. The summed E-state index contributed by atoms with van der Waals surface area (Å²) in [6.07, 6.45) is 0. The van der Waals surface area contributed by atoms with E-state index in [1.807, 2.05) is 30.3 Å². The van der Waals surface area contributed by atoms with Gasteiger partial charge < -0.3 is 5.32 Å². The van der Waals surface area contributed by atoms with Crippen LogP contribution in [0.4, 0.5) is 15.8 Å². The number of nitrogens with one attached hydrogen (secondary N) is 1. The number of hydrogen-bond acceptors (Lipinski definition) is 3. The monoisotopic (exact) mass is 470 g/mol. The number of rotatable bonds is 4.